The lowest BCUT2D eigenvalue weighted by Crippen LogP contribution is -2.10. The summed E-state index contributed by atoms with van der Waals surface area (Å²) in [6, 6.07) is 11.6. The van der Waals surface area contributed by atoms with Crippen molar-refractivity contribution in [1.29, 1.82) is 0 Å². The molecule has 0 aliphatic heterocycles. The van der Waals surface area contributed by atoms with Gasteiger partial charge in [0.05, 0.1) is 19.3 Å². The second-order valence-electron chi connectivity index (χ2n) is 7.32. The lowest BCUT2D eigenvalue weighted by atomic mass is 10.0. The van der Waals surface area contributed by atoms with Crippen molar-refractivity contribution in [3.63, 3.8) is 0 Å². The zero-order valence-electron chi connectivity index (χ0n) is 20.0. The molecule has 0 spiro atoms. The van der Waals surface area contributed by atoms with Crippen molar-refractivity contribution in [1.82, 2.24) is 5.16 Å². The first-order valence-electron chi connectivity index (χ1n) is 10.9. The van der Waals surface area contributed by atoms with Crippen LogP contribution in [0.15, 0.2) is 53.1 Å². The SMILES string of the molecule is CCOC(=O)c1noc(-c2cccc(/C=C/COc3cccc(O)c3C(=O)OC)c2)c1COC(C)=O. The molecule has 0 bridgehead atoms. The molecule has 0 unspecified atom stereocenters. The number of nitrogens with zero attached hydrogens (tertiary/aromatic N) is 1. The van der Waals surface area contributed by atoms with Crippen molar-refractivity contribution in [3.05, 3.63) is 70.9 Å². The molecule has 10 nitrogen and oxygen atoms in total. The van der Waals surface area contributed by atoms with Gasteiger partial charge in [-0.3, -0.25) is 4.79 Å². The highest BCUT2D eigenvalue weighted by atomic mass is 16.5. The second kappa shape index (κ2) is 12.2. The van der Waals surface area contributed by atoms with Crippen LogP contribution >= 0.6 is 0 Å². The smallest absolute Gasteiger partial charge is 0.360 e. The van der Waals surface area contributed by atoms with E-state index in [4.69, 9.17) is 23.5 Å². The van der Waals surface area contributed by atoms with E-state index in [0.29, 0.717) is 11.1 Å². The Morgan fingerprint density at radius 2 is 1.86 bits per heavy atom. The summed E-state index contributed by atoms with van der Waals surface area (Å²) in [5.74, 6) is -1.69. The Morgan fingerprint density at radius 3 is 2.58 bits per heavy atom. The molecule has 188 valence electrons. The summed E-state index contributed by atoms with van der Waals surface area (Å²) >= 11 is 0. The van der Waals surface area contributed by atoms with E-state index in [1.165, 1.54) is 20.1 Å². The van der Waals surface area contributed by atoms with Crippen LogP contribution in [0.25, 0.3) is 17.4 Å². The van der Waals surface area contributed by atoms with Crippen LogP contribution in [0.4, 0.5) is 0 Å². The Balaban J connectivity index is 1.79. The van der Waals surface area contributed by atoms with E-state index < -0.39 is 17.9 Å². The number of phenolic OH excluding ortho intramolecular Hbond substituents is 1. The molecule has 2 aromatic carbocycles. The van der Waals surface area contributed by atoms with Crippen LogP contribution in [0, 0.1) is 0 Å². The van der Waals surface area contributed by atoms with Crippen LogP contribution in [-0.4, -0.2) is 48.5 Å². The number of hydrogen-bond donors (Lipinski definition) is 1. The summed E-state index contributed by atoms with van der Waals surface area (Å²) < 4.78 is 25.8. The number of aromatic hydroxyl groups is 1. The van der Waals surface area contributed by atoms with E-state index in [-0.39, 0.29) is 48.3 Å². The van der Waals surface area contributed by atoms with E-state index in [0.717, 1.165) is 5.56 Å². The maximum Gasteiger partial charge on any atom is 0.360 e. The van der Waals surface area contributed by atoms with Crippen molar-refractivity contribution in [3.8, 4) is 22.8 Å². The minimum atomic E-state index is -0.710. The monoisotopic (exact) mass is 495 g/mol. The Bertz CT molecular complexity index is 1280. The summed E-state index contributed by atoms with van der Waals surface area (Å²) in [5, 5.41) is 13.8. The third kappa shape index (κ3) is 6.29. The van der Waals surface area contributed by atoms with E-state index in [1.807, 2.05) is 6.07 Å². The molecular formula is C26H25NO9. The van der Waals surface area contributed by atoms with Crippen molar-refractivity contribution < 1.29 is 43.0 Å². The minimum Gasteiger partial charge on any atom is -0.507 e. The van der Waals surface area contributed by atoms with Crippen molar-refractivity contribution in [2.45, 2.75) is 20.5 Å². The van der Waals surface area contributed by atoms with Gasteiger partial charge in [-0.15, -0.1) is 0 Å². The fraction of sp³-hybridized carbons (Fsp3) is 0.231. The number of methoxy groups -OCH3 is 1. The average Bonchev–Trinajstić information content (AvgIpc) is 3.29. The minimum absolute atomic E-state index is 0.0570. The standard InChI is InChI=1S/C26H25NO9/c1-4-33-26(31)23-19(15-35-16(2)28)24(36-27-23)18-10-5-8-17(14-18)9-7-13-34-21-12-6-11-20(29)22(21)25(30)32-3/h5-12,14,29H,4,13,15H2,1-3H3/b9-7+. The van der Waals surface area contributed by atoms with Gasteiger partial charge in [-0.05, 0) is 36.8 Å². The second-order valence-corrected chi connectivity index (χ2v) is 7.32. The van der Waals surface area contributed by atoms with Crippen LogP contribution in [0.3, 0.4) is 0 Å². The molecule has 1 aromatic heterocycles. The van der Waals surface area contributed by atoms with Crippen LogP contribution in [-0.2, 0) is 25.6 Å². The van der Waals surface area contributed by atoms with Crippen molar-refractivity contribution in [2.24, 2.45) is 0 Å². The third-order valence-corrected chi connectivity index (χ3v) is 4.86. The highest BCUT2D eigenvalue weighted by Gasteiger charge is 2.25. The summed E-state index contributed by atoms with van der Waals surface area (Å²) in [5.41, 5.74) is 1.55. The molecule has 3 rings (SSSR count). The molecule has 0 saturated carbocycles. The maximum atomic E-state index is 12.3. The number of aromatic nitrogens is 1. The Hall–Kier alpha value is -4.60. The average molecular weight is 495 g/mol. The van der Waals surface area contributed by atoms with Crippen LogP contribution in [0.5, 0.6) is 11.5 Å². The van der Waals surface area contributed by atoms with Gasteiger partial charge in [0.25, 0.3) is 0 Å². The highest BCUT2D eigenvalue weighted by Crippen LogP contribution is 2.30. The Kier molecular flexibility index (Phi) is 8.82. The maximum absolute atomic E-state index is 12.3. The van der Waals surface area contributed by atoms with Crippen molar-refractivity contribution >= 4 is 24.0 Å². The molecule has 3 aromatic rings. The molecule has 10 heteroatoms. The van der Waals surface area contributed by atoms with Crippen molar-refractivity contribution in [2.75, 3.05) is 20.3 Å². The molecule has 1 heterocycles. The zero-order chi connectivity index (χ0) is 26.1. The van der Waals surface area contributed by atoms with E-state index in [2.05, 4.69) is 5.16 Å². The molecule has 0 aliphatic carbocycles. The number of carbonyl (C=O) groups is 3. The van der Waals surface area contributed by atoms with Gasteiger partial charge in [0.1, 0.15) is 30.3 Å². The molecule has 0 amide bonds. The van der Waals surface area contributed by atoms with Gasteiger partial charge in [-0.25, -0.2) is 9.59 Å². The lowest BCUT2D eigenvalue weighted by molar-refractivity contribution is -0.142. The fourth-order valence-corrected chi connectivity index (χ4v) is 3.26. The van der Waals surface area contributed by atoms with E-state index >= 15 is 0 Å². The van der Waals surface area contributed by atoms with Gasteiger partial charge in [-0.2, -0.15) is 0 Å². The van der Waals surface area contributed by atoms with Crippen LogP contribution in [0.1, 0.15) is 45.8 Å². The molecular weight excluding hydrogens is 470 g/mol. The van der Waals surface area contributed by atoms with Crippen LogP contribution < -0.4 is 4.74 Å². The largest absolute Gasteiger partial charge is 0.507 e. The molecule has 36 heavy (non-hydrogen) atoms. The Labute approximate surface area is 207 Å². The predicted molar refractivity (Wildman–Crippen MR) is 127 cm³/mol. The zero-order valence-corrected chi connectivity index (χ0v) is 20.0. The lowest BCUT2D eigenvalue weighted by Gasteiger charge is -2.10. The fourth-order valence-electron chi connectivity index (χ4n) is 3.26. The molecule has 0 aliphatic rings. The first-order chi connectivity index (χ1) is 17.3. The summed E-state index contributed by atoms with van der Waals surface area (Å²) in [6.45, 7) is 2.98. The number of benzene rings is 2. The number of hydrogen-bond acceptors (Lipinski definition) is 10. The van der Waals surface area contributed by atoms with Crippen LogP contribution in [0.2, 0.25) is 0 Å². The molecule has 0 saturated heterocycles. The number of phenols is 1. The topological polar surface area (TPSA) is 134 Å². The van der Waals surface area contributed by atoms with E-state index in [1.54, 1.807) is 49.4 Å². The number of esters is 3. The van der Waals surface area contributed by atoms with Gasteiger partial charge in [0.2, 0.25) is 0 Å². The Morgan fingerprint density at radius 1 is 1.08 bits per heavy atom. The van der Waals surface area contributed by atoms with Gasteiger partial charge in [0, 0.05) is 12.5 Å². The third-order valence-electron chi connectivity index (χ3n) is 4.86. The first-order valence-corrected chi connectivity index (χ1v) is 10.9. The van der Waals surface area contributed by atoms with Gasteiger partial charge in [-0.1, -0.05) is 35.5 Å². The van der Waals surface area contributed by atoms with Gasteiger partial charge >= 0.3 is 17.9 Å². The van der Waals surface area contributed by atoms with E-state index in [9.17, 15) is 19.5 Å². The van der Waals surface area contributed by atoms with Gasteiger partial charge < -0.3 is 28.6 Å². The summed E-state index contributed by atoms with van der Waals surface area (Å²) in [6.07, 6.45) is 3.49. The number of rotatable bonds is 10. The first kappa shape index (κ1) is 26.0. The summed E-state index contributed by atoms with van der Waals surface area (Å²) in [7, 11) is 1.22. The number of ether oxygens (including phenoxy) is 4. The number of carbonyl (C=O) groups excluding carboxylic acids is 3. The summed E-state index contributed by atoms with van der Waals surface area (Å²) in [4.78, 5) is 35.5. The highest BCUT2D eigenvalue weighted by molar-refractivity contribution is 5.95. The predicted octanol–water partition coefficient (Wildman–Crippen LogP) is 4.17. The molecule has 1 N–H and O–H groups in total. The normalized spacial score (nSPS) is 10.8. The van der Waals surface area contributed by atoms with Gasteiger partial charge in [0.15, 0.2) is 11.5 Å². The quantitative estimate of drug-likeness (QED) is 0.323. The molecule has 0 fully saturated rings. The molecule has 0 atom stereocenters. The molecule has 0 radical (unpaired) electrons.